The highest BCUT2D eigenvalue weighted by atomic mass is 16.3. The molecule has 0 amide bonds. The summed E-state index contributed by atoms with van der Waals surface area (Å²) >= 11 is 0. The molecule has 0 unspecified atom stereocenters. The molecule has 0 spiro atoms. The van der Waals surface area contributed by atoms with Crippen LogP contribution in [0.2, 0.25) is 0 Å². The number of hydrogen-bond donors (Lipinski definition) is 1. The lowest BCUT2D eigenvalue weighted by Crippen LogP contribution is -2.14. The van der Waals surface area contributed by atoms with E-state index in [1.807, 2.05) is 6.07 Å². The van der Waals surface area contributed by atoms with E-state index in [9.17, 15) is 0 Å². The van der Waals surface area contributed by atoms with Gasteiger partial charge in [0.15, 0.2) is 0 Å². The topological polar surface area (TPSA) is 25.2 Å². The molecule has 0 aliphatic carbocycles. The van der Waals surface area contributed by atoms with Crippen LogP contribution in [-0.4, -0.2) is 0 Å². The van der Waals surface area contributed by atoms with E-state index in [0.29, 0.717) is 0 Å². The fourth-order valence-electron chi connectivity index (χ4n) is 1.85. The van der Waals surface area contributed by atoms with Crippen molar-refractivity contribution in [3.05, 3.63) is 59.0 Å². The summed E-state index contributed by atoms with van der Waals surface area (Å²) in [4.78, 5) is 0. The second-order valence-electron chi connectivity index (χ2n) is 4.11. The molecule has 0 aliphatic rings. The lowest BCUT2D eigenvalue weighted by atomic mass is 10.0. The minimum absolute atomic E-state index is 0.851. The Hall–Kier alpha value is -1.54. The number of aryl methyl sites for hydroxylation is 2. The van der Waals surface area contributed by atoms with Gasteiger partial charge in [-0.1, -0.05) is 18.2 Å². The molecule has 16 heavy (non-hydrogen) atoms. The summed E-state index contributed by atoms with van der Waals surface area (Å²) in [6.07, 6.45) is 3.48. The Kier molecular flexibility index (Phi) is 3.42. The summed E-state index contributed by atoms with van der Waals surface area (Å²) in [7, 11) is 0. The maximum atomic E-state index is 5.02. The molecule has 0 saturated heterocycles. The molecular weight excluding hydrogens is 198 g/mol. The van der Waals surface area contributed by atoms with Crippen molar-refractivity contribution in [2.75, 3.05) is 0 Å². The van der Waals surface area contributed by atoms with Crippen LogP contribution in [0, 0.1) is 13.8 Å². The lowest BCUT2D eigenvalue weighted by Gasteiger charge is -2.10. The molecule has 84 valence electrons. The molecule has 1 aromatic heterocycles. The highest BCUT2D eigenvalue weighted by molar-refractivity contribution is 5.33. The molecule has 1 N–H and O–H groups in total. The van der Waals surface area contributed by atoms with E-state index in [0.717, 1.165) is 13.1 Å². The summed E-state index contributed by atoms with van der Waals surface area (Å²) in [6, 6.07) is 8.39. The molecule has 1 aromatic carbocycles. The van der Waals surface area contributed by atoms with Crippen LogP contribution in [-0.2, 0) is 13.1 Å². The molecule has 0 saturated carbocycles. The zero-order valence-electron chi connectivity index (χ0n) is 9.79. The third kappa shape index (κ3) is 2.52. The molecule has 0 fully saturated rings. The smallest absolute Gasteiger partial charge is 0.0947 e. The standard InChI is InChI=1S/C14H17NO/c1-11-4-3-5-12(2)14(11)9-15-8-13-6-7-16-10-13/h3-7,10,15H,8-9H2,1-2H3. The van der Waals surface area contributed by atoms with E-state index in [1.165, 1.54) is 22.3 Å². The fourth-order valence-corrected chi connectivity index (χ4v) is 1.85. The Labute approximate surface area is 96.3 Å². The van der Waals surface area contributed by atoms with Crippen molar-refractivity contribution >= 4 is 0 Å². The van der Waals surface area contributed by atoms with Crippen molar-refractivity contribution < 1.29 is 4.42 Å². The van der Waals surface area contributed by atoms with E-state index >= 15 is 0 Å². The molecule has 2 heteroatoms. The predicted octanol–water partition coefficient (Wildman–Crippen LogP) is 3.19. The van der Waals surface area contributed by atoms with Crippen LogP contribution in [0.15, 0.2) is 41.2 Å². The molecule has 0 radical (unpaired) electrons. The second kappa shape index (κ2) is 4.99. The normalized spacial score (nSPS) is 10.6. The first-order valence-electron chi connectivity index (χ1n) is 5.54. The summed E-state index contributed by atoms with van der Waals surface area (Å²) in [5, 5.41) is 3.43. The maximum absolute atomic E-state index is 5.02. The van der Waals surface area contributed by atoms with Crippen molar-refractivity contribution in [1.29, 1.82) is 0 Å². The van der Waals surface area contributed by atoms with Gasteiger partial charge in [0.1, 0.15) is 0 Å². The first kappa shape index (κ1) is 11.0. The van der Waals surface area contributed by atoms with Crippen LogP contribution in [0.25, 0.3) is 0 Å². The highest BCUT2D eigenvalue weighted by Crippen LogP contribution is 2.13. The van der Waals surface area contributed by atoms with Crippen molar-refractivity contribution in [3.63, 3.8) is 0 Å². The third-order valence-electron chi connectivity index (χ3n) is 2.86. The van der Waals surface area contributed by atoms with Crippen LogP contribution >= 0.6 is 0 Å². The molecule has 0 bridgehead atoms. The Morgan fingerprint density at radius 2 is 1.81 bits per heavy atom. The number of nitrogens with one attached hydrogen (secondary N) is 1. The van der Waals surface area contributed by atoms with Crippen molar-refractivity contribution in [1.82, 2.24) is 5.32 Å². The van der Waals surface area contributed by atoms with E-state index in [4.69, 9.17) is 4.42 Å². The quantitative estimate of drug-likeness (QED) is 0.847. The average molecular weight is 215 g/mol. The minimum Gasteiger partial charge on any atom is -0.472 e. The zero-order valence-corrected chi connectivity index (χ0v) is 9.79. The van der Waals surface area contributed by atoms with E-state index in [1.54, 1.807) is 12.5 Å². The van der Waals surface area contributed by atoms with Gasteiger partial charge in [-0.2, -0.15) is 0 Å². The Bertz CT molecular complexity index is 426. The summed E-state index contributed by atoms with van der Waals surface area (Å²) in [5.41, 5.74) is 5.27. The van der Waals surface area contributed by atoms with Crippen LogP contribution in [0.4, 0.5) is 0 Å². The fraction of sp³-hybridized carbons (Fsp3) is 0.286. The average Bonchev–Trinajstić information content (AvgIpc) is 2.75. The van der Waals surface area contributed by atoms with E-state index in [-0.39, 0.29) is 0 Å². The van der Waals surface area contributed by atoms with Crippen molar-refractivity contribution in [2.24, 2.45) is 0 Å². The lowest BCUT2D eigenvalue weighted by molar-refractivity contribution is 0.560. The predicted molar refractivity (Wildman–Crippen MR) is 65.2 cm³/mol. The van der Waals surface area contributed by atoms with Crippen LogP contribution < -0.4 is 5.32 Å². The zero-order chi connectivity index (χ0) is 11.4. The summed E-state index contributed by atoms with van der Waals surface area (Å²) in [6.45, 7) is 6.07. The largest absolute Gasteiger partial charge is 0.472 e. The van der Waals surface area contributed by atoms with Gasteiger partial charge in [-0.25, -0.2) is 0 Å². The monoisotopic (exact) mass is 215 g/mol. The van der Waals surface area contributed by atoms with E-state index < -0.39 is 0 Å². The molecule has 2 nitrogen and oxygen atoms in total. The van der Waals surface area contributed by atoms with Gasteiger partial charge in [-0.3, -0.25) is 0 Å². The minimum atomic E-state index is 0.851. The first-order chi connectivity index (χ1) is 7.77. The van der Waals surface area contributed by atoms with Gasteiger partial charge in [0.05, 0.1) is 12.5 Å². The Balaban J connectivity index is 1.95. The molecule has 0 aliphatic heterocycles. The van der Waals surface area contributed by atoms with Gasteiger partial charge < -0.3 is 9.73 Å². The van der Waals surface area contributed by atoms with Gasteiger partial charge in [0.2, 0.25) is 0 Å². The number of furan rings is 1. The van der Waals surface area contributed by atoms with Crippen molar-refractivity contribution in [2.45, 2.75) is 26.9 Å². The first-order valence-corrected chi connectivity index (χ1v) is 5.54. The molecule has 2 rings (SSSR count). The SMILES string of the molecule is Cc1cccc(C)c1CNCc1ccoc1. The number of benzene rings is 1. The van der Waals surface area contributed by atoms with Gasteiger partial charge in [0.25, 0.3) is 0 Å². The van der Waals surface area contributed by atoms with Gasteiger partial charge in [-0.05, 0) is 36.6 Å². The molecule has 2 aromatic rings. The summed E-state index contributed by atoms with van der Waals surface area (Å²) in [5.74, 6) is 0. The molecule has 1 heterocycles. The number of hydrogen-bond acceptors (Lipinski definition) is 2. The third-order valence-corrected chi connectivity index (χ3v) is 2.86. The van der Waals surface area contributed by atoms with Gasteiger partial charge in [-0.15, -0.1) is 0 Å². The summed E-state index contributed by atoms with van der Waals surface area (Å²) < 4.78 is 5.02. The van der Waals surface area contributed by atoms with Gasteiger partial charge in [0, 0.05) is 18.7 Å². The Morgan fingerprint density at radius 1 is 1.06 bits per heavy atom. The van der Waals surface area contributed by atoms with Crippen LogP contribution in [0.1, 0.15) is 22.3 Å². The van der Waals surface area contributed by atoms with E-state index in [2.05, 4.69) is 37.4 Å². The number of rotatable bonds is 4. The van der Waals surface area contributed by atoms with Crippen LogP contribution in [0.3, 0.4) is 0 Å². The molecule has 0 atom stereocenters. The molecular formula is C14H17NO. The second-order valence-corrected chi connectivity index (χ2v) is 4.11. The highest BCUT2D eigenvalue weighted by Gasteiger charge is 2.01. The van der Waals surface area contributed by atoms with Gasteiger partial charge >= 0.3 is 0 Å². The Morgan fingerprint density at radius 3 is 2.44 bits per heavy atom. The maximum Gasteiger partial charge on any atom is 0.0947 e. The van der Waals surface area contributed by atoms with Crippen LogP contribution in [0.5, 0.6) is 0 Å². The van der Waals surface area contributed by atoms with Crippen molar-refractivity contribution in [3.8, 4) is 0 Å².